The normalized spacial score (nSPS) is 23.7. The molecule has 1 N–H and O–H groups in total. The van der Waals surface area contributed by atoms with Gasteiger partial charge in [-0.3, -0.25) is 0 Å². The monoisotopic (exact) mass is 232 g/mol. The Bertz CT molecular complexity index is 441. The van der Waals surface area contributed by atoms with Crippen molar-refractivity contribution in [2.24, 2.45) is 0 Å². The van der Waals surface area contributed by atoms with E-state index in [1.807, 2.05) is 0 Å². The van der Waals surface area contributed by atoms with E-state index < -0.39 is 29.5 Å². The molecule has 1 aliphatic rings. The Kier molecular flexibility index (Phi) is 2.11. The molecule has 1 aromatic carbocycles. The zero-order chi connectivity index (χ0) is 12.0. The van der Waals surface area contributed by atoms with E-state index >= 15 is 0 Å². The molecule has 0 amide bonds. The number of fused-ring (bicyclic) bond motifs is 1. The van der Waals surface area contributed by atoms with Gasteiger partial charge in [-0.05, 0) is 12.1 Å². The quantitative estimate of drug-likeness (QED) is 0.751. The molecule has 1 aliphatic heterocycles. The second-order valence-electron chi connectivity index (χ2n) is 3.53. The average Bonchev–Trinajstić information content (AvgIpc) is 2.58. The summed E-state index contributed by atoms with van der Waals surface area (Å²) in [6.45, 7) is -0.826. The van der Waals surface area contributed by atoms with Crippen LogP contribution >= 0.6 is 0 Å². The van der Waals surface area contributed by atoms with E-state index in [4.69, 9.17) is 4.74 Å². The molecule has 16 heavy (non-hydrogen) atoms. The van der Waals surface area contributed by atoms with Crippen LogP contribution in [0.3, 0.4) is 0 Å². The van der Waals surface area contributed by atoms with Crippen LogP contribution in [0.2, 0.25) is 0 Å². The zero-order valence-electron chi connectivity index (χ0n) is 7.91. The molecule has 86 valence electrons. The van der Waals surface area contributed by atoms with Crippen molar-refractivity contribution >= 4 is 6.29 Å². The summed E-state index contributed by atoms with van der Waals surface area (Å²) in [5, 5.41) is 9.42. The number of halogens is 3. The van der Waals surface area contributed by atoms with Crippen LogP contribution in [0, 0.1) is 0 Å². The first-order chi connectivity index (χ1) is 7.42. The summed E-state index contributed by atoms with van der Waals surface area (Å²) in [4.78, 5) is 10.8. The standard InChI is InChI=1S/C10H7F3O3/c11-10(12,13)9(4-14)5-16-7-3-1-2-6(15)8(7)9/h1-4,15H,5H2. The van der Waals surface area contributed by atoms with Crippen molar-refractivity contribution in [1.29, 1.82) is 0 Å². The van der Waals surface area contributed by atoms with Gasteiger partial charge in [0.2, 0.25) is 0 Å². The van der Waals surface area contributed by atoms with Gasteiger partial charge in [-0.15, -0.1) is 0 Å². The Balaban J connectivity index is 2.69. The molecule has 0 saturated carbocycles. The third kappa shape index (κ3) is 1.19. The molecule has 6 heteroatoms. The highest BCUT2D eigenvalue weighted by Crippen LogP contribution is 2.51. The van der Waals surface area contributed by atoms with Crippen molar-refractivity contribution in [3.05, 3.63) is 23.8 Å². The summed E-state index contributed by atoms with van der Waals surface area (Å²) in [7, 11) is 0. The fourth-order valence-corrected chi connectivity index (χ4v) is 1.74. The van der Waals surface area contributed by atoms with E-state index in [0.717, 1.165) is 6.07 Å². The Hall–Kier alpha value is -1.72. The fourth-order valence-electron chi connectivity index (χ4n) is 1.74. The predicted molar refractivity (Wildman–Crippen MR) is 47.4 cm³/mol. The minimum atomic E-state index is -4.79. The van der Waals surface area contributed by atoms with Crippen molar-refractivity contribution in [2.45, 2.75) is 11.6 Å². The second-order valence-corrected chi connectivity index (χ2v) is 3.53. The van der Waals surface area contributed by atoms with E-state index in [9.17, 15) is 23.1 Å². The maximum Gasteiger partial charge on any atom is 0.408 e. The van der Waals surface area contributed by atoms with Crippen LogP contribution in [0.15, 0.2) is 18.2 Å². The number of aldehydes is 1. The summed E-state index contributed by atoms with van der Waals surface area (Å²) < 4.78 is 43.4. The minimum Gasteiger partial charge on any atom is -0.507 e. The second kappa shape index (κ2) is 3.13. The molecule has 0 saturated heterocycles. The molecule has 0 radical (unpaired) electrons. The predicted octanol–water partition coefficient (Wildman–Crippen LogP) is 1.78. The Morgan fingerprint density at radius 1 is 1.44 bits per heavy atom. The number of phenols is 1. The van der Waals surface area contributed by atoms with Gasteiger partial charge in [0.05, 0.1) is 5.56 Å². The van der Waals surface area contributed by atoms with Crippen LogP contribution in [-0.4, -0.2) is 24.2 Å². The molecule has 2 rings (SSSR count). The Labute approximate surface area is 88.5 Å². The number of benzene rings is 1. The Morgan fingerprint density at radius 3 is 2.69 bits per heavy atom. The molecule has 3 nitrogen and oxygen atoms in total. The molecule has 1 unspecified atom stereocenters. The lowest BCUT2D eigenvalue weighted by molar-refractivity contribution is -0.189. The van der Waals surface area contributed by atoms with Gasteiger partial charge in [-0.2, -0.15) is 13.2 Å². The summed E-state index contributed by atoms with van der Waals surface area (Å²) >= 11 is 0. The number of carbonyl (C=O) groups is 1. The molecule has 1 atom stereocenters. The van der Waals surface area contributed by atoms with Crippen molar-refractivity contribution in [3.63, 3.8) is 0 Å². The van der Waals surface area contributed by atoms with Crippen molar-refractivity contribution in [3.8, 4) is 11.5 Å². The topological polar surface area (TPSA) is 46.5 Å². The van der Waals surface area contributed by atoms with Crippen molar-refractivity contribution < 1.29 is 27.8 Å². The van der Waals surface area contributed by atoms with Crippen molar-refractivity contribution in [1.82, 2.24) is 0 Å². The summed E-state index contributed by atoms with van der Waals surface area (Å²) in [6.07, 6.45) is -5.02. The molecule has 1 aromatic rings. The lowest BCUT2D eigenvalue weighted by Gasteiger charge is -2.24. The highest BCUT2D eigenvalue weighted by molar-refractivity contribution is 5.76. The first-order valence-electron chi connectivity index (χ1n) is 4.41. The van der Waals surface area contributed by atoms with Gasteiger partial charge < -0.3 is 14.6 Å². The van der Waals surface area contributed by atoms with E-state index in [1.165, 1.54) is 12.1 Å². The number of rotatable bonds is 1. The summed E-state index contributed by atoms with van der Waals surface area (Å²) in [5.74, 6) is -0.691. The number of hydrogen-bond acceptors (Lipinski definition) is 3. The molecule has 0 aliphatic carbocycles. The lowest BCUT2D eigenvalue weighted by Crippen LogP contribution is -2.45. The van der Waals surface area contributed by atoms with Crippen LogP contribution in [0.5, 0.6) is 11.5 Å². The van der Waals surface area contributed by atoms with E-state index in [2.05, 4.69) is 0 Å². The minimum absolute atomic E-state index is 0.107. The summed E-state index contributed by atoms with van der Waals surface area (Å²) in [6, 6.07) is 3.73. The maximum absolute atomic E-state index is 12.9. The fraction of sp³-hybridized carbons (Fsp3) is 0.300. The first kappa shape index (κ1) is 10.8. The molecular weight excluding hydrogens is 225 g/mol. The molecule has 1 heterocycles. The van der Waals surface area contributed by atoms with E-state index in [0.29, 0.717) is 0 Å². The highest BCUT2D eigenvalue weighted by Gasteiger charge is 2.62. The Morgan fingerprint density at radius 2 is 2.12 bits per heavy atom. The molecule has 0 spiro atoms. The summed E-state index contributed by atoms with van der Waals surface area (Å²) in [5.41, 5.74) is -3.26. The number of phenolic OH excluding ortho intramolecular Hbond substituents is 1. The van der Waals surface area contributed by atoms with Gasteiger partial charge >= 0.3 is 6.18 Å². The van der Waals surface area contributed by atoms with E-state index in [-0.39, 0.29) is 12.0 Å². The van der Waals surface area contributed by atoms with Gasteiger partial charge in [0.1, 0.15) is 24.4 Å². The van der Waals surface area contributed by atoms with Crippen LogP contribution in [-0.2, 0) is 10.2 Å². The van der Waals surface area contributed by atoms with Crippen LogP contribution in [0.1, 0.15) is 5.56 Å². The van der Waals surface area contributed by atoms with Gasteiger partial charge in [-0.25, -0.2) is 0 Å². The number of carbonyl (C=O) groups excluding carboxylic acids is 1. The lowest BCUT2D eigenvalue weighted by atomic mass is 9.82. The highest BCUT2D eigenvalue weighted by atomic mass is 19.4. The zero-order valence-corrected chi connectivity index (χ0v) is 7.91. The molecule has 0 bridgehead atoms. The number of alkyl halides is 3. The van der Waals surface area contributed by atoms with Crippen LogP contribution in [0.4, 0.5) is 13.2 Å². The first-order valence-corrected chi connectivity index (χ1v) is 4.41. The molecule has 0 fully saturated rings. The van der Waals surface area contributed by atoms with Gasteiger partial charge in [-0.1, -0.05) is 6.07 Å². The number of ether oxygens (including phenoxy) is 1. The van der Waals surface area contributed by atoms with Crippen LogP contribution in [0.25, 0.3) is 0 Å². The number of hydrogen-bond donors (Lipinski definition) is 1. The van der Waals surface area contributed by atoms with Gasteiger partial charge in [0.15, 0.2) is 5.41 Å². The van der Waals surface area contributed by atoms with Crippen molar-refractivity contribution in [2.75, 3.05) is 6.61 Å². The molecular formula is C10H7F3O3. The van der Waals surface area contributed by atoms with E-state index in [1.54, 1.807) is 0 Å². The smallest absolute Gasteiger partial charge is 0.408 e. The largest absolute Gasteiger partial charge is 0.507 e. The SMILES string of the molecule is O=CC1(C(F)(F)F)COc2cccc(O)c21. The average molecular weight is 232 g/mol. The third-order valence-electron chi connectivity index (χ3n) is 2.61. The maximum atomic E-state index is 12.9. The van der Waals surface area contributed by atoms with Gasteiger partial charge in [0, 0.05) is 0 Å². The number of aromatic hydroxyl groups is 1. The molecule has 0 aromatic heterocycles. The van der Waals surface area contributed by atoms with Gasteiger partial charge in [0.25, 0.3) is 0 Å². The van der Waals surface area contributed by atoms with Crippen LogP contribution < -0.4 is 4.74 Å². The third-order valence-corrected chi connectivity index (χ3v) is 2.61.